The zero-order valence-corrected chi connectivity index (χ0v) is 11.6. The summed E-state index contributed by atoms with van der Waals surface area (Å²) in [6.07, 6.45) is 0.834. The van der Waals surface area contributed by atoms with Crippen LogP contribution >= 0.6 is 11.3 Å². The molecule has 0 saturated carbocycles. The van der Waals surface area contributed by atoms with E-state index in [9.17, 15) is 4.79 Å². The van der Waals surface area contributed by atoms with E-state index in [-0.39, 0.29) is 5.41 Å². The van der Waals surface area contributed by atoms with Gasteiger partial charge in [0, 0.05) is 0 Å². The summed E-state index contributed by atoms with van der Waals surface area (Å²) in [7, 11) is 0. The molecule has 0 fully saturated rings. The molecule has 2 rings (SSSR count). The minimum absolute atomic E-state index is 0.145. The Hall–Kier alpha value is -1.61. The van der Waals surface area contributed by atoms with Gasteiger partial charge >= 0.3 is 0 Å². The maximum Gasteiger partial charge on any atom is 0.181 e. The van der Waals surface area contributed by atoms with E-state index >= 15 is 0 Å². The van der Waals surface area contributed by atoms with Crippen LogP contribution in [0.1, 0.15) is 36.0 Å². The van der Waals surface area contributed by atoms with E-state index in [0.29, 0.717) is 4.88 Å². The van der Waals surface area contributed by atoms with Crippen molar-refractivity contribution < 1.29 is 9.53 Å². The average molecular weight is 260 g/mol. The van der Waals surface area contributed by atoms with Crippen molar-refractivity contribution in [1.29, 1.82) is 0 Å². The second kappa shape index (κ2) is 4.94. The van der Waals surface area contributed by atoms with Gasteiger partial charge in [0.05, 0.1) is 4.88 Å². The molecule has 0 aliphatic carbocycles. The number of aldehydes is 1. The van der Waals surface area contributed by atoms with Gasteiger partial charge in [0.25, 0.3) is 0 Å². The fourth-order valence-corrected chi connectivity index (χ4v) is 2.28. The first-order valence-corrected chi connectivity index (χ1v) is 6.64. The summed E-state index contributed by atoms with van der Waals surface area (Å²) in [5.41, 5.74) is 1.42. The van der Waals surface area contributed by atoms with Crippen molar-refractivity contribution in [3.8, 4) is 10.8 Å². The van der Waals surface area contributed by atoms with Gasteiger partial charge in [-0.15, -0.1) is 0 Å². The van der Waals surface area contributed by atoms with Gasteiger partial charge in [-0.25, -0.2) is 0 Å². The number of rotatable bonds is 3. The van der Waals surface area contributed by atoms with Crippen LogP contribution in [0.25, 0.3) is 0 Å². The first-order chi connectivity index (χ1) is 8.49. The number of carbonyl (C=O) groups is 1. The standard InChI is InChI=1S/C15H16O2S/c1-15(2,3)11-4-6-12(7-5-11)17-14-9-8-13(10-16)18-14/h4-10H,1-3H3. The van der Waals surface area contributed by atoms with Crippen molar-refractivity contribution in [3.05, 3.63) is 46.8 Å². The molecular weight excluding hydrogens is 244 g/mol. The van der Waals surface area contributed by atoms with Crippen LogP contribution in [0.2, 0.25) is 0 Å². The number of benzene rings is 1. The third-order valence-corrected chi connectivity index (χ3v) is 3.55. The molecule has 0 unspecified atom stereocenters. The number of thiophene rings is 1. The van der Waals surface area contributed by atoms with Crippen LogP contribution < -0.4 is 4.74 Å². The lowest BCUT2D eigenvalue weighted by Gasteiger charge is -2.18. The fraction of sp³-hybridized carbons (Fsp3) is 0.267. The predicted molar refractivity (Wildman–Crippen MR) is 74.9 cm³/mol. The summed E-state index contributed by atoms with van der Waals surface area (Å²) >= 11 is 1.35. The number of hydrogen-bond donors (Lipinski definition) is 0. The maximum atomic E-state index is 10.6. The van der Waals surface area contributed by atoms with E-state index < -0.39 is 0 Å². The molecule has 0 spiro atoms. The van der Waals surface area contributed by atoms with E-state index in [1.807, 2.05) is 18.2 Å². The zero-order chi connectivity index (χ0) is 13.2. The second-order valence-electron chi connectivity index (χ2n) is 5.15. The van der Waals surface area contributed by atoms with Crippen molar-refractivity contribution in [2.24, 2.45) is 0 Å². The highest BCUT2D eigenvalue weighted by atomic mass is 32.1. The quantitative estimate of drug-likeness (QED) is 0.751. The molecule has 0 N–H and O–H groups in total. The van der Waals surface area contributed by atoms with Crippen molar-refractivity contribution in [2.75, 3.05) is 0 Å². The molecular formula is C15H16O2S. The fourth-order valence-electron chi connectivity index (χ4n) is 1.59. The van der Waals surface area contributed by atoms with Crippen molar-refractivity contribution in [2.45, 2.75) is 26.2 Å². The van der Waals surface area contributed by atoms with Gasteiger partial charge in [-0.3, -0.25) is 4.79 Å². The lowest BCUT2D eigenvalue weighted by atomic mass is 9.87. The van der Waals surface area contributed by atoms with E-state index in [1.165, 1.54) is 16.9 Å². The van der Waals surface area contributed by atoms with Crippen LogP contribution in [-0.4, -0.2) is 6.29 Å². The molecule has 1 aromatic carbocycles. The summed E-state index contributed by atoms with van der Waals surface area (Å²) in [6, 6.07) is 11.6. The Morgan fingerprint density at radius 2 is 1.72 bits per heavy atom. The minimum Gasteiger partial charge on any atom is -0.447 e. The molecule has 3 heteroatoms. The molecule has 0 saturated heterocycles. The summed E-state index contributed by atoms with van der Waals surface area (Å²) in [4.78, 5) is 11.3. The molecule has 18 heavy (non-hydrogen) atoms. The molecule has 0 radical (unpaired) electrons. The van der Waals surface area contributed by atoms with Gasteiger partial charge in [0.1, 0.15) is 5.75 Å². The lowest BCUT2D eigenvalue weighted by Crippen LogP contribution is -2.10. The molecule has 1 heterocycles. The van der Waals surface area contributed by atoms with Gasteiger partial charge in [-0.05, 0) is 35.2 Å². The summed E-state index contributed by atoms with van der Waals surface area (Å²) in [5, 5.41) is 0.737. The largest absolute Gasteiger partial charge is 0.447 e. The highest BCUT2D eigenvalue weighted by molar-refractivity contribution is 7.15. The van der Waals surface area contributed by atoms with Gasteiger partial charge in [0.15, 0.2) is 11.3 Å². The van der Waals surface area contributed by atoms with Crippen molar-refractivity contribution >= 4 is 17.6 Å². The van der Waals surface area contributed by atoms with Crippen molar-refractivity contribution in [1.82, 2.24) is 0 Å². The van der Waals surface area contributed by atoms with Gasteiger partial charge in [-0.1, -0.05) is 44.2 Å². The second-order valence-corrected chi connectivity index (χ2v) is 6.23. The van der Waals surface area contributed by atoms with E-state index in [2.05, 4.69) is 32.9 Å². The SMILES string of the molecule is CC(C)(C)c1ccc(Oc2ccc(C=O)s2)cc1. The molecule has 1 aromatic heterocycles. The predicted octanol–water partition coefficient (Wildman–Crippen LogP) is 4.65. The molecule has 0 aliphatic heterocycles. The average Bonchev–Trinajstić information content (AvgIpc) is 2.76. The Kier molecular flexibility index (Phi) is 3.53. The van der Waals surface area contributed by atoms with Crippen molar-refractivity contribution in [3.63, 3.8) is 0 Å². The highest BCUT2D eigenvalue weighted by Gasteiger charge is 2.13. The first kappa shape index (κ1) is 12.8. The molecule has 0 atom stereocenters. The van der Waals surface area contributed by atoms with Gasteiger partial charge in [0.2, 0.25) is 0 Å². The Bertz CT molecular complexity index is 532. The summed E-state index contributed by atoms with van der Waals surface area (Å²) < 4.78 is 5.69. The van der Waals surface area contributed by atoms with Crippen LogP contribution in [0.15, 0.2) is 36.4 Å². The number of hydrogen-bond acceptors (Lipinski definition) is 3. The smallest absolute Gasteiger partial charge is 0.181 e. The van der Waals surface area contributed by atoms with Gasteiger partial charge < -0.3 is 4.74 Å². The van der Waals surface area contributed by atoms with Gasteiger partial charge in [-0.2, -0.15) is 0 Å². The number of ether oxygens (including phenoxy) is 1. The van der Waals surface area contributed by atoms with Crippen LogP contribution in [0.5, 0.6) is 10.8 Å². The van der Waals surface area contributed by atoms with E-state index in [1.54, 1.807) is 6.07 Å². The Labute approximate surface area is 111 Å². The molecule has 2 nitrogen and oxygen atoms in total. The Morgan fingerprint density at radius 3 is 2.22 bits per heavy atom. The summed E-state index contributed by atoms with van der Waals surface area (Å²) in [5.74, 6) is 0.794. The molecule has 2 aromatic rings. The topological polar surface area (TPSA) is 26.3 Å². The van der Waals surface area contributed by atoms with E-state index in [0.717, 1.165) is 17.1 Å². The highest BCUT2D eigenvalue weighted by Crippen LogP contribution is 2.30. The molecule has 0 amide bonds. The zero-order valence-electron chi connectivity index (χ0n) is 10.8. The monoisotopic (exact) mass is 260 g/mol. The third kappa shape index (κ3) is 2.99. The Morgan fingerprint density at radius 1 is 1.06 bits per heavy atom. The molecule has 94 valence electrons. The number of carbonyl (C=O) groups excluding carboxylic acids is 1. The van der Waals surface area contributed by atoms with Crippen LogP contribution in [0, 0.1) is 0 Å². The minimum atomic E-state index is 0.145. The normalized spacial score (nSPS) is 11.3. The third-order valence-electron chi connectivity index (χ3n) is 2.66. The van der Waals surface area contributed by atoms with Crippen LogP contribution in [-0.2, 0) is 5.41 Å². The lowest BCUT2D eigenvalue weighted by molar-refractivity contribution is 0.112. The Balaban J connectivity index is 2.13. The van der Waals surface area contributed by atoms with Crippen LogP contribution in [0.4, 0.5) is 0 Å². The van der Waals surface area contributed by atoms with E-state index in [4.69, 9.17) is 4.74 Å². The summed E-state index contributed by atoms with van der Waals surface area (Å²) in [6.45, 7) is 6.54. The molecule has 0 aliphatic rings. The molecule has 0 bridgehead atoms. The van der Waals surface area contributed by atoms with Crippen LogP contribution in [0.3, 0.4) is 0 Å². The first-order valence-electron chi connectivity index (χ1n) is 5.82. The maximum absolute atomic E-state index is 10.6.